The van der Waals surface area contributed by atoms with Crippen LogP contribution >= 0.6 is 0 Å². The molecule has 1 aliphatic heterocycles. The van der Waals surface area contributed by atoms with Gasteiger partial charge in [0, 0.05) is 18.2 Å². The summed E-state index contributed by atoms with van der Waals surface area (Å²) in [4.78, 5) is 13.6. The minimum absolute atomic E-state index is 0.0790. The normalized spacial score (nSPS) is 26.2. The van der Waals surface area contributed by atoms with Crippen LogP contribution in [0.4, 0.5) is 10.1 Å². The van der Waals surface area contributed by atoms with Crippen LogP contribution in [0.2, 0.25) is 0 Å². The number of carbonyl (C=O) groups is 1. The molecule has 2 atom stereocenters. The number of ketones is 1. The molecule has 2 unspecified atom stereocenters. The first-order valence-electron chi connectivity index (χ1n) is 7.74. The highest BCUT2D eigenvalue weighted by atomic mass is 19.1. The first-order valence-corrected chi connectivity index (χ1v) is 7.74. The number of nitrogens with zero attached hydrogens (tertiary/aromatic N) is 1. The van der Waals surface area contributed by atoms with E-state index in [1.54, 1.807) is 12.1 Å². The predicted octanol–water partition coefficient (Wildman–Crippen LogP) is 4.19. The molecule has 0 aromatic heterocycles. The summed E-state index contributed by atoms with van der Waals surface area (Å²) in [6, 6.07) is 5.44. The summed E-state index contributed by atoms with van der Waals surface area (Å²) in [5, 5.41) is 0. The molecule has 3 rings (SSSR count). The summed E-state index contributed by atoms with van der Waals surface area (Å²) >= 11 is 0. The molecule has 1 aromatic carbocycles. The average molecular weight is 275 g/mol. The van der Waals surface area contributed by atoms with Crippen molar-refractivity contribution in [2.45, 2.75) is 51.5 Å². The zero-order valence-corrected chi connectivity index (χ0v) is 12.1. The van der Waals surface area contributed by atoms with Gasteiger partial charge < -0.3 is 4.90 Å². The zero-order valence-electron chi connectivity index (χ0n) is 12.1. The van der Waals surface area contributed by atoms with Gasteiger partial charge in [0.2, 0.25) is 0 Å². The first-order chi connectivity index (χ1) is 9.66. The van der Waals surface area contributed by atoms with E-state index >= 15 is 0 Å². The number of benzene rings is 1. The Morgan fingerprint density at radius 3 is 2.70 bits per heavy atom. The number of Topliss-reactive ketones (excluding diaryl/α,β-unsaturated/α-hetero) is 1. The van der Waals surface area contributed by atoms with Crippen molar-refractivity contribution in [1.82, 2.24) is 0 Å². The molecular weight excluding hydrogens is 253 g/mol. The second-order valence-electron chi connectivity index (χ2n) is 6.17. The summed E-state index contributed by atoms with van der Waals surface area (Å²) in [7, 11) is 0. The number of hydrogen-bond acceptors (Lipinski definition) is 2. The Hall–Kier alpha value is -1.38. The lowest BCUT2D eigenvalue weighted by molar-refractivity contribution is 0.101. The van der Waals surface area contributed by atoms with Crippen LogP contribution in [0.25, 0.3) is 0 Å². The average Bonchev–Trinajstić information content (AvgIpc) is 2.46. The smallest absolute Gasteiger partial charge is 0.159 e. The Labute approximate surface area is 120 Å². The fourth-order valence-electron chi connectivity index (χ4n) is 3.88. The largest absolute Gasteiger partial charge is 0.366 e. The number of fused-ring (bicyclic) bond motifs is 1. The van der Waals surface area contributed by atoms with E-state index in [0.717, 1.165) is 18.9 Å². The van der Waals surface area contributed by atoms with Gasteiger partial charge in [0.05, 0.1) is 5.69 Å². The van der Waals surface area contributed by atoms with E-state index in [1.165, 1.54) is 45.1 Å². The standard InChI is InChI=1S/C17H22FNO/c1-12(20)14-8-9-17(15(18)11-14)19-10-4-6-13-5-2-3-7-16(13)19/h8-9,11,13,16H,2-7,10H2,1H3. The highest BCUT2D eigenvalue weighted by Crippen LogP contribution is 2.38. The van der Waals surface area contributed by atoms with Crippen molar-refractivity contribution in [2.75, 3.05) is 11.4 Å². The maximum Gasteiger partial charge on any atom is 0.159 e. The van der Waals surface area contributed by atoms with Crippen molar-refractivity contribution in [2.24, 2.45) is 5.92 Å². The van der Waals surface area contributed by atoms with Gasteiger partial charge in [0.1, 0.15) is 5.82 Å². The topological polar surface area (TPSA) is 20.3 Å². The van der Waals surface area contributed by atoms with Gasteiger partial charge >= 0.3 is 0 Å². The molecular formula is C17H22FNO. The highest BCUT2D eigenvalue weighted by molar-refractivity contribution is 5.94. The molecule has 0 radical (unpaired) electrons. The third kappa shape index (κ3) is 2.46. The van der Waals surface area contributed by atoms with Gasteiger partial charge in [-0.05, 0) is 56.7 Å². The third-order valence-electron chi connectivity index (χ3n) is 4.91. The van der Waals surface area contributed by atoms with Gasteiger partial charge in [0.25, 0.3) is 0 Å². The first kappa shape index (κ1) is 13.6. The minimum Gasteiger partial charge on any atom is -0.366 e. The Kier molecular flexibility index (Phi) is 3.77. The molecule has 2 aliphatic rings. The maximum absolute atomic E-state index is 14.4. The number of hydrogen-bond donors (Lipinski definition) is 0. The number of rotatable bonds is 2. The Bertz CT molecular complexity index is 512. The van der Waals surface area contributed by atoms with Crippen LogP contribution in [0.1, 0.15) is 55.8 Å². The predicted molar refractivity (Wildman–Crippen MR) is 78.7 cm³/mol. The maximum atomic E-state index is 14.4. The van der Waals surface area contributed by atoms with Gasteiger partial charge in [-0.3, -0.25) is 4.79 Å². The van der Waals surface area contributed by atoms with Gasteiger partial charge in [-0.25, -0.2) is 4.39 Å². The van der Waals surface area contributed by atoms with Crippen molar-refractivity contribution in [3.05, 3.63) is 29.6 Å². The summed E-state index contributed by atoms with van der Waals surface area (Å²) in [6.45, 7) is 2.42. The molecule has 2 fully saturated rings. The highest BCUT2D eigenvalue weighted by Gasteiger charge is 2.34. The molecule has 1 heterocycles. The molecule has 1 saturated carbocycles. The Morgan fingerprint density at radius 2 is 1.95 bits per heavy atom. The lowest BCUT2D eigenvalue weighted by Gasteiger charge is -2.45. The van der Waals surface area contributed by atoms with Crippen LogP contribution in [0.3, 0.4) is 0 Å². The molecule has 3 heteroatoms. The van der Waals surface area contributed by atoms with Crippen LogP contribution in [0.5, 0.6) is 0 Å². The van der Waals surface area contributed by atoms with E-state index in [-0.39, 0.29) is 11.6 Å². The van der Waals surface area contributed by atoms with E-state index < -0.39 is 0 Å². The van der Waals surface area contributed by atoms with Crippen LogP contribution < -0.4 is 4.90 Å². The van der Waals surface area contributed by atoms with E-state index in [0.29, 0.717) is 17.3 Å². The lowest BCUT2D eigenvalue weighted by Crippen LogP contribution is -2.47. The molecule has 0 spiro atoms. The van der Waals surface area contributed by atoms with Crippen molar-refractivity contribution in [1.29, 1.82) is 0 Å². The van der Waals surface area contributed by atoms with Crippen LogP contribution in [0.15, 0.2) is 18.2 Å². The summed E-state index contributed by atoms with van der Waals surface area (Å²) < 4.78 is 14.4. The molecule has 1 saturated heterocycles. The van der Waals surface area contributed by atoms with E-state index in [2.05, 4.69) is 4.90 Å². The van der Waals surface area contributed by atoms with Crippen LogP contribution in [-0.4, -0.2) is 18.4 Å². The molecule has 1 aromatic rings. The van der Waals surface area contributed by atoms with Gasteiger partial charge in [-0.15, -0.1) is 0 Å². The lowest BCUT2D eigenvalue weighted by atomic mass is 9.78. The third-order valence-corrected chi connectivity index (χ3v) is 4.91. The number of piperidine rings is 1. The van der Waals surface area contributed by atoms with Gasteiger partial charge in [0.15, 0.2) is 5.78 Å². The minimum atomic E-state index is -0.246. The molecule has 0 bridgehead atoms. The summed E-state index contributed by atoms with van der Waals surface area (Å²) in [5.41, 5.74) is 1.15. The fraction of sp³-hybridized carbons (Fsp3) is 0.588. The molecule has 0 N–H and O–H groups in total. The van der Waals surface area contributed by atoms with E-state index in [9.17, 15) is 9.18 Å². The Morgan fingerprint density at radius 1 is 1.20 bits per heavy atom. The molecule has 2 nitrogen and oxygen atoms in total. The van der Waals surface area contributed by atoms with Crippen molar-refractivity contribution in [3.63, 3.8) is 0 Å². The second-order valence-corrected chi connectivity index (χ2v) is 6.17. The van der Waals surface area contributed by atoms with Crippen LogP contribution in [-0.2, 0) is 0 Å². The zero-order chi connectivity index (χ0) is 14.1. The van der Waals surface area contributed by atoms with Gasteiger partial charge in [-0.2, -0.15) is 0 Å². The fourth-order valence-corrected chi connectivity index (χ4v) is 3.88. The van der Waals surface area contributed by atoms with Crippen LogP contribution in [0, 0.1) is 11.7 Å². The molecule has 108 valence electrons. The van der Waals surface area contributed by atoms with Crippen molar-refractivity contribution in [3.8, 4) is 0 Å². The van der Waals surface area contributed by atoms with E-state index in [4.69, 9.17) is 0 Å². The monoisotopic (exact) mass is 275 g/mol. The van der Waals surface area contributed by atoms with Crippen molar-refractivity contribution < 1.29 is 9.18 Å². The second kappa shape index (κ2) is 5.55. The molecule has 0 amide bonds. The number of carbonyl (C=O) groups excluding carboxylic acids is 1. The van der Waals surface area contributed by atoms with Crippen molar-refractivity contribution >= 4 is 11.5 Å². The molecule has 20 heavy (non-hydrogen) atoms. The number of halogens is 1. The SMILES string of the molecule is CC(=O)c1ccc(N2CCCC3CCCCC32)c(F)c1. The Balaban J connectivity index is 1.89. The summed E-state index contributed by atoms with van der Waals surface area (Å²) in [6.07, 6.45) is 7.47. The quantitative estimate of drug-likeness (QED) is 0.754. The van der Waals surface area contributed by atoms with Gasteiger partial charge in [-0.1, -0.05) is 12.8 Å². The summed E-state index contributed by atoms with van der Waals surface area (Å²) in [5.74, 6) is 0.401. The number of anilines is 1. The van der Waals surface area contributed by atoms with E-state index in [1.807, 2.05) is 0 Å². The molecule has 1 aliphatic carbocycles.